The Bertz CT molecular complexity index is 956. The predicted molar refractivity (Wildman–Crippen MR) is 120 cm³/mol. The van der Waals surface area contributed by atoms with Crippen LogP contribution in [0.3, 0.4) is 0 Å². The summed E-state index contributed by atoms with van der Waals surface area (Å²) < 4.78 is 11.1. The number of aryl methyl sites for hydroxylation is 1. The highest BCUT2D eigenvalue weighted by Crippen LogP contribution is 2.22. The maximum Gasteiger partial charge on any atom is 0.408 e. The number of carbonyl (C=O) groups is 2. The Morgan fingerprint density at radius 1 is 1.12 bits per heavy atom. The van der Waals surface area contributed by atoms with Gasteiger partial charge in [0.2, 0.25) is 5.91 Å². The number of nitrogens with one attached hydrogen (secondary N) is 2. The number of benzene rings is 2. The van der Waals surface area contributed by atoms with Crippen LogP contribution in [0.25, 0.3) is 0 Å². The van der Waals surface area contributed by atoms with E-state index in [2.05, 4.69) is 10.6 Å². The summed E-state index contributed by atoms with van der Waals surface area (Å²) in [6.07, 6.45) is -1.50. The fraction of sp³-hybridized carbons (Fsp3) is 0.391. The third kappa shape index (κ3) is 7.66. The molecule has 0 saturated carbocycles. The van der Waals surface area contributed by atoms with E-state index in [0.29, 0.717) is 5.56 Å². The first-order valence-electron chi connectivity index (χ1n) is 10.2. The van der Waals surface area contributed by atoms with E-state index in [1.807, 2.05) is 30.3 Å². The lowest BCUT2D eigenvalue weighted by molar-refractivity contribution is -0.384. The monoisotopic (exact) mass is 443 g/mol. The quantitative estimate of drug-likeness (QED) is 0.463. The number of nitrogens with zero attached hydrogens (tertiary/aromatic N) is 1. The van der Waals surface area contributed by atoms with Crippen LogP contribution in [0.5, 0.6) is 0 Å². The van der Waals surface area contributed by atoms with Crippen molar-refractivity contribution in [1.29, 1.82) is 0 Å². The van der Waals surface area contributed by atoms with Gasteiger partial charge in [0, 0.05) is 12.1 Å². The largest absolute Gasteiger partial charge is 0.444 e. The van der Waals surface area contributed by atoms with Crippen LogP contribution < -0.4 is 10.6 Å². The first-order valence-corrected chi connectivity index (χ1v) is 10.2. The Hall–Kier alpha value is -3.46. The molecule has 172 valence electrons. The molecule has 0 radical (unpaired) electrons. The van der Waals surface area contributed by atoms with Crippen molar-refractivity contribution >= 4 is 23.4 Å². The van der Waals surface area contributed by atoms with Gasteiger partial charge in [0.15, 0.2) is 0 Å². The van der Waals surface area contributed by atoms with Crippen LogP contribution in [0.15, 0.2) is 48.5 Å². The Labute approximate surface area is 187 Å². The third-order valence-corrected chi connectivity index (χ3v) is 4.47. The van der Waals surface area contributed by atoms with Gasteiger partial charge < -0.3 is 20.1 Å². The maximum atomic E-state index is 13.1. The average molecular weight is 444 g/mol. The van der Waals surface area contributed by atoms with Gasteiger partial charge in [-0.2, -0.15) is 0 Å². The molecule has 2 atom stereocenters. The summed E-state index contributed by atoms with van der Waals surface area (Å²) in [5.74, 6) is -0.583. The molecule has 0 unspecified atom stereocenters. The Morgan fingerprint density at radius 2 is 1.78 bits per heavy atom. The van der Waals surface area contributed by atoms with Gasteiger partial charge in [0.25, 0.3) is 5.69 Å². The van der Waals surface area contributed by atoms with Gasteiger partial charge in [-0.05, 0) is 45.7 Å². The van der Waals surface area contributed by atoms with Crippen LogP contribution in [0.4, 0.5) is 16.2 Å². The van der Waals surface area contributed by atoms with Gasteiger partial charge in [-0.15, -0.1) is 0 Å². The van der Waals surface area contributed by atoms with Crippen LogP contribution in [-0.2, 0) is 20.9 Å². The molecule has 0 heterocycles. The van der Waals surface area contributed by atoms with Crippen molar-refractivity contribution in [3.05, 3.63) is 69.8 Å². The number of ether oxygens (including phenoxy) is 2. The maximum absolute atomic E-state index is 13.1. The highest BCUT2D eigenvalue weighted by molar-refractivity contribution is 5.97. The summed E-state index contributed by atoms with van der Waals surface area (Å²) in [6, 6.07) is 12.5. The van der Waals surface area contributed by atoms with Crippen LogP contribution in [0.2, 0.25) is 0 Å². The molecule has 0 aromatic heterocycles. The lowest BCUT2D eigenvalue weighted by Crippen LogP contribution is -2.52. The minimum atomic E-state index is -1.10. The number of alkyl carbamates (subject to hydrolysis) is 1. The van der Waals surface area contributed by atoms with Crippen molar-refractivity contribution in [3.63, 3.8) is 0 Å². The molecule has 2 aromatic rings. The molecular formula is C23H29N3O6. The number of hydrogen-bond acceptors (Lipinski definition) is 6. The molecule has 0 aliphatic rings. The normalized spacial score (nSPS) is 13.0. The van der Waals surface area contributed by atoms with Crippen molar-refractivity contribution in [1.82, 2.24) is 5.32 Å². The van der Waals surface area contributed by atoms with Crippen molar-refractivity contribution in [2.75, 3.05) is 5.32 Å². The molecule has 0 aliphatic heterocycles. The lowest BCUT2D eigenvalue weighted by Gasteiger charge is -2.27. The molecular weight excluding hydrogens is 414 g/mol. The van der Waals surface area contributed by atoms with Crippen molar-refractivity contribution in [3.8, 4) is 0 Å². The molecule has 9 heteroatoms. The number of nitro groups is 1. The number of amides is 2. The van der Waals surface area contributed by atoms with E-state index >= 15 is 0 Å². The van der Waals surface area contributed by atoms with Crippen LogP contribution in [0.1, 0.15) is 38.8 Å². The molecule has 9 nitrogen and oxygen atoms in total. The molecule has 0 fully saturated rings. The number of anilines is 1. The van der Waals surface area contributed by atoms with Crippen LogP contribution in [-0.4, -0.2) is 34.7 Å². The SMILES string of the molecule is Cc1ccc([N+](=O)[O-])cc1NC(=O)[C@@H](NC(=O)OC(C)(C)C)[C@@H](C)OCc1ccccc1. The first kappa shape index (κ1) is 24.8. The van der Waals surface area contributed by atoms with E-state index in [1.54, 1.807) is 40.7 Å². The zero-order valence-corrected chi connectivity index (χ0v) is 18.9. The molecule has 0 aliphatic carbocycles. The second kappa shape index (κ2) is 10.7. The van der Waals surface area contributed by atoms with E-state index in [1.165, 1.54) is 12.1 Å². The van der Waals surface area contributed by atoms with E-state index < -0.39 is 34.7 Å². The van der Waals surface area contributed by atoms with Crippen molar-refractivity contribution < 1.29 is 24.0 Å². The van der Waals surface area contributed by atoms with Gasteiger partial charge in [-0.1, -0.05) is 36.4 Å². The number of hydrogen-bond donors (Lipinski definition) is 2. The molecule has 2 rings (SSSR count). The summed E-state index contributed by atoms with van der Waals surface area (Å²) in [5, 5.41) is 16.3. The number of non-ortho nitro benzene ring substituents is 1. The van der Waals surface area contributed by atoms with Crippen molar-refractivity contribution in [2.24, 2.45) is 0 Å². The molecule has 0 bridgehead atoms. The second-order valence-corrected chi connectivity index (χ2v) is 8.37. The van der Waals surface area contributed by atoms with Gasteiger partial charge >= 0.3 is 6.09 Å². The second-order valence-electron chi connectivity index (χ2n) is 8.37. The Kier molecular flexibility index (Phi) is 8.31. The Morgan fingerprint density at radius 3 is 2.38 bits per heavy atom. The van der Waals surface area contributed by atoms with Gasteiger partial charge in [-0.25, -0.2) is 4.79 Å². The van der Waals surface area contributed by atoms with E-state index in [9.17, 15) is 19.7 Å². The molecule has 2 N–H and O–H groups in total. The summed E-state index contributed by atoms with van der Waals surface area (Å²) in [6.45, 7) is 8.74. The van der Waals surface area contributed by atoms with Crippen molar-refractivity contribution in [2.45, 2.75) is 59.0 Å². The standard InChI is InChI=1S/C23H29N3O6/c1-15-11-12-18(26(29)30)13-19(15)24-21(27)20(25-22(28)32-23(3,4)5)16(2)31-14-17-9-7-6-8-10-17/h6-13,16,20H,14H2,1-5H3,(H,24,27)(H,25,28)/t16-,20+/m1/s1. The van der Waals surface area contributed by atoms with Gasteiger partial charge in [-0.3, -0.25) is 14.9 Å². The zero-order chi connectivity index (χ0) is 23.9. The molecule has 2 amide bonds. The molecule has 0 spiro atoms. The fourth-order valence-electron chi connectivity index (χ4n) is 2.80. The lowest BCUT2D eigenvalue weighted by atomic mass is 10.1. The van der Waals surface area contributed by atoms with Crippen LogP contribution >= 0.6 is 0 Å². The number of nitro benzene ring substituents is 1. The summed E-state index contributed by atoms with van der Waals surface area (Å²) in [7, 11) is 0. The summed E-state index contributed by atoms with van der Waals surface area (Å²) in [4.78, 5) is 36.0. The number of rotatable bonds is 8. The van der Waals surface area contributed by atoms with E-state index in [4.69, 9.17) is 9.47 Å². The summed E-state index contributed by atoms with van der Waals surface area (Å²) >= 11 is 0. The zero-order valence-electron chi connectivity index (χ0n) is 18.9. The summed E-state index contributed by atoms with van der Waals surface area (Å²) in [5.41, 5.74) is 0.907. The van der Waals surface area contributed by atoms with E-state index in [0.717, 1.165) is 5.56 Å². The fourth-order valence-corrected chi connectivity index (χ4v) is 2.80. The number of carbonyl (C=O) groups excluding carboxylic acids is 2. The minimum Gasteiger partial charge on any atom is -0.444 e. The topological polar surface area (TPSA) is 120 Å². The smallest absolute Gasteiger partial charge is 0.408 e. The minimum absolute atomic E-state index is 0.157. The molecule has 2 aromatic carbocycles. The highest BCUT2D eigenvalue weighted by atomic mass is 16.6. The van der Waals surface area contributed by atoms with Crippen LogP contribution in [0, 0.1) is 17.0 Å². The van der Waals surface area contributed by atoms with E-state index in [-0.39, 0.29) is 18.0 Å². The first-order chi connectivity index (χ1) is 15.0. The highest BCUT2D eigenvalue weighted by Gasteiger charge is 2.30. The predicted octanol–water partition coefficient (Wildman–Crippen LogP) is 4.34. The molecule has 32 heavy (non-hydrogen) atoms. The third-order valence-electron chi connectivity index (χ3n) is 4.47. The van der Waals surface area contributed by atoms with Gasteiger partial charge in [0.05, 0.1) is 23.3 Å². The average Bonchev–Trinajstić information content (AvgIpc) is 2.71. The Balaban J connectivity index is 2.20. The van der Waals surface area contributed by atoms with Gasteiger partial charge in [0.1, 0.15) is 11.6 Å². The molecule has 0 saturated heterocycles.